The average molecular weight is 164 g/mol. The van der Waals surface area contributed by atoms with Gasteiger partial charge in [-0.25, -0.2) is 0 Å². The predicted octanol–water partition coefficient (Wildman–Crippen LogP) is 1.86. The molecule has 0 unspecified atom stereocenters. The number of rotatable bonds is 2. The molecule has 0 atom stereocenters. The summed E-state index contributed by atoms with van der Waals surface area (Å²) >= 11 is 0. The van der Waals surface area contributed by atoms with Crippen LogP contribution in [0.2, 0.25) is 0 Å². The van der Waals surface area contributed by atoms with Gasteiger partial charge in [0.15, 0.2) is 0 Å². The Morgan fingerprint density at radius 2 is 2.00 bits per heavy atom. The Morgan fingerprint density at radius 3 is 2.42 bits per heavy atom. The Balaban J connectivity index is 2.96. The molecule has 0 aromatic heterocycles. The molecule has 0 aliphatic heterocycles. The monoisotopic (exact) mass is 164 g/mol. The second kappa shape index (κ2) is 3.76. The van der Waals surface area contributed by atoms with E-state index in [1.165, 1.54) is 0 Å². The lowest BCUT2D eigenvalue weighted by atomic mass is 10.1. The Bertz CT molecular complexity index is 277. The number of nitrogens with two attached hydrogens (primary N) is 1. The molecule has 3 heteroatoms. The molecule has 0 spiro atoms. The molecular weight excluding hydrogens is 152 g/mol. The van der Waals surface area contributed by atoms with E-state index in [-0.39, 0.29) is 0 Å². The number of hydrogen-bond donors (Lipinski definition) is 2. The van der Waals surface area contributed by atoms with Crippen molar-refractivity contribution in [3.05, 3.63) is 29.8 Å². The van der Waals surface area contributed by atoms with Crippen LogP contribution >= 0.6 is 0 Å². The van der Waals surface area contributed by atoms with Gasteiger partial charge in [0.05, 0.1) is 5.71 Å². The summed E-state index contributed by atoms with van der Waals surface area (Å²) in [5, 5.41) is 11.8. The Morgan fingerprint density at radius 1 is 1.42 bits per heavy atom. The fourth-order valence-corrected chi connectivity index (χ4v) is 1.01. The van der Waals surface area contributed by atoms with Crippen LogP contribution in [0.3, 0.4) is 0 Å². The van der Waals surface area contributed by atoms with Gasteiger partial charge < -0.3 is 10.9 Å². The van der Waals surface area contributed by atoms with Gasteiger partial charge in [-0.1, -0.05) is 24.2 Å². The van der Waals surface area contributed by atoms with Gasteiger partial charge in [0.2, 0.25) is 0 Å². The molecule has 1 rings (SSSR count). The van der Waals surface area contributed by atoms with Crippen molar-refractivity contribution in [1.29, 1.82) is 0 Å². The van der Waals surface area contributed by atoms with E-state index >= 15 is 0 Å². The zero-order valence-corrected chi connectivity index (χ0v) is 6.99. The van der Waals surface area contributed by atoms with E-state index in [0.717, 1.165) is 5.56 Å². The number of oxime groups is 1. The Kier molecular flexibility index (Phi) is 2.69. The van der Waals surface area contributed by atoms with Gasteiger partial charge in [-0.05, 0) is 24.1 Å². The van der Waals surface area contributed by atoms with Crippen molar-refractivity contribution in [2.75, 3.05) is 5.73 Å². The van der Waals surface area contributed by atoms with Crippen molar-refractivity contribution >= 4 is 11.4 Å². The molecule has 0 aliphatic carbocycles. The van der Waals surface area contributed by atoms with E-state index in [2.05, 4.69) is 5.16 Å². The van der Waals surface area contributed by atoms with E-state index < -0.39 is 0 Å². The number of nitrogens with zero attached hydrogens (tertiary/aromatic N) is 1. The minimum atomic E-state index is 0.676. The minimum absolute atomic E-state index is 0.676. The first-order valence-corrected chi connectivity index (χ1v) is 3.84. The van der Waals surface area contributed by atoms with Crippen molar-refractivity contribution < 1.29 is 5.21 Å². The molecule has 1 aromatic carbocycles. The van der Waals surface area contributed by atoms with E-state index in [0.29, 0.717) is 17.8 Å². The Labute approximate surface area is 71.5 Å². The highest BCUT2D eigenvalue weighted by molar-refractivity contribution is 6.00. The lowest BCUT2D eigenvalue weighted by Gasteiger charge is -2.00. The molecule has 0 heterocycles. The Hall–Kier alpha value is -1.51. The number of anilines is 1. The summed E-state index contributed by atoms with van der Waals surface area (Å²) in [5.41, 5.74) is 7.81. The second-order valence-corrected chi connectivity index (χ2v) is 2.52. The first kappa shape index (κ1) is 8.59. The van der Waals surface area contributed by atoms with E-state index in [1.807, 2.05) is 19.1 Å². The standard InChI is InChI=1S/C9H12N2O/c1-2-9(11-12)7-3-5-8(10)6-4-7/h3-6,12H,2,10H2,1H3. The van der Waals surface area contributed by atoms with Crippen LogP contribution in [0.4, 0.5) is 5.69 Å². The zero-order chi connectivity index (χ0) is 8.97. The van der Waals surface area contributed by atoms with Crippen LogP contribution in [0.25, 0.3) is 0 Å². The molecule has 0 fully saturated rings. The van der Waals surface area contributed by atoms with Crippen molar-refractivity contribution in [3.8, 4) is 0 Å². The van der Waals surface area contributed by atoms with Gasteiger partial charge in [-0.2, -0.15) is 0 Å². The van der Waals surface area contributed by atoms with Crippen molar-refractivity contribution in [2.45, 2.75) is 13.3 Å². The van der Waals surface area contributed by atoms with Crippen LogP contribution in [0.15, 0.2) is 29.4 Å². The van der Waals surface area contributed by atoms with Crippen molar-refractivity contribution in [1.82, 2.24) is 0 Å². The fraction of sp³-hybridized carbons (Fsp3) is 0.222. The van der Waals surface area contributed by atoms with Crippen molar-refractivity contribution in [2.24, 2.45) is 5.16 Å². The zero-order valence-electron chi connectivity index (χ0n) is 6.99. The van der Waals surface area contributed by atoms with Crippen LogP contribution in [-0.2, 0) is 0 Å². The van der Waals surface area contributed by atoms with Gasteiger partial charge in [0, 0.05) is 5.69 Å². The van der Waals surface area contributed by atoms with E-state index in [1.54, 1.807) is 12.1 Å². The molecule has 0 radical (unpaired) electrons. The molecular formula is C9H12N2O. The molecule has 0 saturated carbocycles. The molecule has 3 nitrogen and oxygen atoms in total. The highest BCUT2D eigenvalue weighted by Gasteiger charge is 1.99. The highest BCUT2D eigenvalue weighted by Crippen LogP contribution is 2.08. The molecule has 0 saturated heterocycles. The first-order chi connectivity index (χ1) is 5.77. The second-order valence-electron chi connectivity index (χ2n) is 2.52. The first-order valence-electron chi connectivity index (χ1n) is 3.84. The molecule has 0 aliphatic rings. The summed E-state index contributed by atoms with van der Waals surface area (Å²) in [6.45, 7) is 1.94. The summed E-state index contributed by atoms with van der Waals surface area (Å²) in [7, 11) is 0. The highest BCUT2D eigenvalue weighted by atomic mass is 16.4. The van der Waals surface area contributed by atoms with Crippen LogP contribution in [0, 0.1) is 0 Å². The van der Waals surface area contributed by atoms with Crippen LogP contribution < -0.4 is 5.73 Å². The SMILES string of the molecule is CCC(=NO)c1ccc(N)cc1. The van der Waals surface area contributed by atoms with Gasteiger partial charge >= 0.3 is 0 Å². The largest absolute Gasteiger partial charge is 0.411 e. The average Bonchev–Trinajstić information content (AvgIpc) is 2.10. The number of hydrogen-bond acceptors (Lipinski definition) is 3. The molecule has 3 N–H and O–H groups in total. The van der Waals surface area contributed by atoms with E-state index in [4.69, 9.17) is 10.9 Å². The van der Waals surface area contributed by atoms with Crippen LogP contribution in [0.5, 0.6) is 0 Å². The lowest BCUT2D eigenvalue weighted by Crippen LogP contribution is -1.98. The maximum atomic E-state index is 8.61. The van der Waals surface area contributed by atoms with Gasteiger partial charge in [-0.3, -0.25) is 0 Å². The van der Waals surface area contributed by atoms with Gasteiger partial charge in [0.1, 0.15) is 0 Å². The van der Waals surface area contributed by atoms with Crippen LogP contribution in [0.1, 0.15) is 18.9 Å². The summed E-state index contributed by atoms with van der Waals surface area (Å²) in [6, 6.07) is 7.26. The maximum absolute atomic E-state index is 8.61. The third-order valence-electron chi connectivity index (χ3n) is 1.70. The third-order valence-corrected chi connectivity index (χ3v) is 1.70. The number of benzene rings is 1. The molecule has 0 bridgehead atoms. The topological polar surface area (TPSA) is 58.6 Å². The normalized spacial score (nSPS) is 11.6. The van der Waals surface area contributed by atoms with Gasteiger partial charge in [0.25, 0.3) is 0 Å². The van der Waals surface area contributed by atoms with E-state index in [9.17, 15) is 0 Å². The lowest BCUT2D eigenvalue weighted by molar-refractivity contribution is 0.318. The van der Waals surface area contributed by atoms with Gasteiger partial charge in [-0.15, -0.1) is 0 Å². The predicted molar refractivity (Wildman–Crippen MR) is 49.5 cm³/mol. The summed E-state index contributed by atoms with van der Waals surface area (Å²) in [5.74, 6) is 0. The maximum Gasteiger partial charge on any atom is 0.0865 e. The number of nitrogen functional groups attached to an aromatic ring is 1. The minimum Gasteiger partial charge on any atom is -0.411 e. The third kappa shape index (κ3) is 1.75. The van der Waals surface area contributed by atoms with Crippen molar-refractivity contribution in [3.63, 3.8) is 0 Å². The molecule has 0 amide bonds. The molecule has 64 valence electrons. The molecule has 12 heavy (non-hydrogen) atoms. The molecule has 1 aromatic rings. The smallest absolute Gasteiger partial charge is 0.0865 e. The summed E-state index contributed by atoms with van der Waals surface area (Å²) < 4.78 is 0. The summed E-state index contributed by atoms with van der Waals surface area (Å²) in [6.07, 6.45) is 0.709. The quantitative estimate of drug-likeness (QED) is 0.303. The summed E-state index contributed by atoms with van der Waals surface area (Å²) in [4.78, 5) is 0. The van der Waals surface area contributed by atoms with Crippen LogP contribution in [-0.4, -0.2) is 10.9 Å². The fourth-order valence-electron chi connectivity index (χ4n) is 1.01.